The first-order chi connectivity index (χ1) is 17.0. The van der Waals surface area contributed by atoms with Crippen LogP contribution in [0.25, 0.3) is 5.82 Å². The largest absolute Gasteiger partial charge is 0.338 e. The minimum absolute atomic E-state index is 0.373. The summed E-state index contributed by atoms with van der Waals surface area (Å²) in [5.41, 5.74) is 3.05. The Labute approximate surface area is 202 Å². The monoisotopic (exact) mass is 474 g/mol. The highest BCUT2D eigenvalue weighted by Gasteiger charge is 2.40. The fourth-order valence-corrected chi connectivity index (χ4v) is 5.07. The molecule has 2 aliphatic heterocycles. The predicted octanol–water partition coefficient (Wildman–Crippen LogP) is 3.13. The lowest BCUT2D eigenvalue weighted by molar-refractivity contribution is 0.159. The van der Waals surface area contributed by atoms with Gasteiger partial charge in [-0.1, -0.05) is 6.07 Å². The van der Waals surface area contributed by atoms with Crippen LogP contribution in [0.15, 0.2) is 42.9 Å². The summed E-state index contributed by atoms with van der Waals surface area (Å²) >= 11 is 0. The topological polar surface area (TPSA) is 104 Å². The number of fused-ring (bicyclic) bond motifs is 2. The van der Waals surface area contributed by atoms with Crippen LogP contribution in [0.5, 0.6) is 0 Å². The number of anilines is 3. The smallest absolute Gasteiger partial charge is 0.227 e. The first kappa shape index (κ1) is 21.7. The molecule has 10 nitrogen and oxygen atoms in total. The second kappa shape index (κ2) is 8.73. The maximum absolute atomic E-state index is 13.3. The summed E-state index contributed by atoms with van der Waals surface area (Å²) in [4.78, 5) is 18.9. The molecule has 35 heavy (non-hydrogen) atoms. The number of aromatic amines is 1. The third kappa shape index (κ3) is 4.46. The highest BCUT2D eigenvalue weighted by atomic mass is 19.1. The van der Waals surface area contributed by atoms with E-state index in [4.69, 9.17) is 9.97 Å². The molecule has 0 radical (unpaired) electrons. The summed E-state index contributed by atoms with van der Waals surface area (Å²) in [6, 6.07) is 8.69. The van der Waals surface area contributed by atoms with Crippen molar-refractivity contribution in [2.45, 2.75) is 45.3 Å². The summed E-state index contributed by atoms with van der Waals surface area (Å²) in [7, 11) is 0. The number of aromatic nitrogens is 7. The van der Waals surface area contributed by atoms with Crippen LogP contribution in [0.3, 0.4) is 0 Å². The Balaban J connectivity index is 1.14. The van der Waals surface area contributed by atoms with Crippen molar-refractivity contribution < 1.29 is 4.39 Å². The van der Waals surface area contributed by atoms with Crippen molar-refractivity contribution in [3.05, 3.63) is 65.6 Å². The maximum atomic E-state index is 13.3. The van der Waals surface area contributed by atoms with Gasteiger partial charge in [0.15, 0.2) is 17.5 Å². The normalized spacial score (nSPS) is 19.9. The molecule has 180 valence electrons. The van der Waals surface area contributed by atoms with E-state index >= 15 is 0 Å². The van der Waals surface area contributed by atoms with Crippen molar-refractivity contribution in [3.8, 4) is 5.82 Å². The third-order valence-corrected chi connectivity index (χ3v) is 6.68. The maximum Gasteiger partial charge on any atom is 0.227 e. The second-order valence-corrected chi connectivity index (χ2v) is 9.35. The lowest BCUT2D eigenvalue weighted by atomic mass is 10.1. The van der Waals surface area contributed by atoms with Crippen LogP contribution in [0.4, 0.5) is 22.0 Å². The summed E-state index contributed by atoms with van der Waals surface area (Å²) in [6.07, 6.45) is 6.68. The minimum atomic E-state index is -0.373. The van der Waals surface area contributed by atoms with Crippen LogP contribution in [-0.4, -0.2) is 65.0 Å². The molecule has 0 aromatic carbocycles. The average molecular weight is 475 g/mol. The molecular weight excluding hydrogens is 447 g/mol. The quantitative estimate of drug-likeness (QED) is 0.439. The fourth-order valence-electron chi connectivity index (χ4n) is 5.07. The van der Waals surface area contributed by atoms with Crippen molar-refractivity contribution in [2.75, 3.05) is 23.3 Å². The summed E-state index contributed by atoms with van der Waals surface area (Å²) in [5.74, 6) is 2.48. The molecule has 11 heteroatoms. The van der Waals surface area contributed by atoms with Crippen molar-refractivity contribution >= 4 is 17.6 Å². The molecule has 2 fully saturated rings. The van der Waals surface area contributed by atoms with Gasteiger partial charge in [0.05, 0.1) is 12.4 Å². The van der Waals surface area contributed by atoms with Gasteiger partial charge in [0, 0.05) is 61.4 Å². The average Bonchev–Trinajstić information content (AvgIpc) is 3.51. The van der Waals surface area contributed by atoms with Gasteiger partial charge in [0.1, 0.15) is 5.82 Å². The van der Waals surface area contributed by atoms with Gasteiger partial charge in [-0.2, -0.15) is 15.2 Å². The van der Waals surface area contributed by atoms with E-state index in [1.54, 1.807) is 0 Å². The standard InChI is InChI=1S/C24H27FN10/c1-15-7-21(29-22-8-16(2)31-32-22)30-24(28-15)33-13-19-4-5-20(14-33)34(19)11-17-3-6-23(26-9-17)35-12-18(25)10-27-35/h3,6-10,12,19-20H,4-5,11,13-14H2,1-2H3,(H2,28,29,30,31,32)/t19-,20+. The number of aryl methyl sites for hydroxylation is 2. The van der Waals surface area contributed by atoms with Crippen molar-refractivity contribution in [3.63, 3.8) is 0 Å². The summed E-state index contributed by atoms with van der Waals surface area (Å²) in [5, 5.41) is 14.4. The lowest BCUT2D eigenvalue weighted by Crippen LogP contribution is -2.53. The number of nitrogens with one attached hydrogen (secondary N) is 2. The molecule has 4 aromatic heterocycles. The molecule has 2 N–H and O–H groups in total. The number of hydrogen-bond donors (Lipinski definition) is 2. The van der Waals surface area contributed by atoms with E-state index in [-0.39, 0.29) is 5.82 Å². The van der Waals surface area contributed by atoms with Crippen LogP contribution >= 0.6 is 0 Å². The Bertz CT molecular complexity index is 1320. The summed E-state index contributed by atoms with van der Waals surface area (Å²) < 4.78 is 14.7. The van der Waals surface area contributed by atoms with E-state index in [1.165, 1.54) is 17.1 Å². The fraction of sp³-hybridized carbons (Fsp3) is 0.375. The molecule has 2 atom stereocenters. The molecule has 0 spiro atoms. The van der Waals surface area contributed by atoms with Gasteiger partial charge < -0.3 is 10.2 Å². The highest BCUT2D eigenvalue weighted by molar-refractivity contribution is 5.54. The summed E-state index contributed by atoms with van der Waals surface area (Å²) in [6.45, 7) is 6.57. The first-order valence-electron chi connectivity index (χ1n) is 11.8. The highest BCUT2D eigenvalue weighted by Crippen LogP contribution is 2.33. The molecule has 6 rings (SSSR count). The number of halogens is 1. The first-order valence-corrected chi connectivity index (χ1v) is 11.8. The van der Waals surface area contributed by atoms with Crippen molar-refractivity contribution in [1.82, 2.24) is 39.8 Å². The lowest BCUT2D eigenvalue weighted by Gasteiger charge is -2.41. The van der Waals surface area contributed by atoms with E-state index in [9.17, 15) is 4.39 Å². The minimum Gasteiger partial charge on any atom is -0.338 e. The molecule has 0 aliphatic carbocycles. The molecule has 2 aliphatic rings. The second-order valence-electron chi connectivity index (χ2n) is 9.35. The molecule has 4 aromatic rings. The zero-order valence-electron chi connectivity index (χ0n) is 19.7. The third-order valence-electron chi connectivity index (χ3n) is 6.68. The Morgan fingerprint density at radius 2 is 1.89 bits per heavy atom. The molecule has 0 unspecified atom stereocenters. The van der Waals surface area contributed by atoms with E-state index in [1.807, 2.05) is 44.3 Å². The van der Waals surface area contributed by atoms with Gasteiger partial charge in [-0.3, -0.25) is 10.00 Å². The van der Waals surface area contributed by atoms with Gasteiger partial charge in [-0.05, 0) is 38.3 Å². The number of hydrogen-bond acceptors (Lipinski definition) is 8. The number of H-pyrrole nitrogens is 1. The number of pyridine rings is 1. The molecule has 0 saturated carbocycles. The Hall–Kier alpha value is -3.86. The van der Waals surface area contributed by atoms with Gasteiger partial charge in [0.2, 0.25) is 5.95 Å². The van der Waals surface area contributed by atoms with Gasteiger partial charge in [0.25, 0.3) is 0 Å². The SMILES string of the molecule is Cc1cc(Nc2cc(C)[nH]n2)nc(N2C[C@H]3CC[C@@H](C2)N3Cc2ccc(-n3cc(F)cn3)nc2)n1. The zero-order chi connectivity index (χ0) is 23.9. The number of rotatable bonds is 6. The van der Waals surface area contributed by atoms with E-state index in [2.05, 4.69) is 35.4 Å². The zero-order valence-corrected chi connectivity index (χ0v) is 19.7. The van der Waals surface area contributed by atoms with E-state index in [0.717, 1.165) is 67.0 Å². The van der Waals surface area contributed by atoms with Crippen molar-refractivity contribution in [2.24, 2.45) is 0 Å². The Morgan fingerprint density at radius 1 is 1.06 bits per heavy atom. The van der Waals surface area contributed by atoms with Crippen molar-refractivity contribution in [1.29, 1.82) is 0 Å². The van der Waals surface area contributed by atoms with Gasteiger partial charge in [-0.15, -0.1) is 0 Å². The number of nitrogens with zero attached hydrogens (tertiary/aromatic N) is 8. The van der Waals surface area contributed by atoms with Gasteiger partial charge >= 0.3 is 0 Å². The molecular formula is C24H27FN10. The molecule has 0 amide bonds. The Morgan fingerprint density at radius 3 is 2.54 bits per heavy atom. The van der Waals surface area contributed by atoms with Crippen LogP contribution in [0.2, 0.25) is 0 Å². The number of piperazine rings is 1. The molecule has 2 saturated heterocycles. The van der Waals surface area contributed by atoms with E-state index < -0.39 is 0 Å². The molecule has 2 bridgehead atoms. The van der Waals surface area contributed by atoms with Crippen LogP contribution in [0, 0.1) is 19.7 Å². The van der Waals surface area contributed by atoms with Crippen LogP contribution in [0.1, 0.15) is 29.8 Å². The Kier molecular flexibility index (Phi) is 5.40. The van der Waals surface area contributed by atoms with E-state index in [0.29, 0.717) is 17.9 Å². The molecule has 6 heterocycles. The van der Waals surface area contributed by atoms with Crippen LogP contribution < -0.4 is 10.2 Å². The van der Waals surface area contributed by atoms with Crippen LogP contribution in [-0.2, 0) is 6.54 Å². The predicted molar refractivity (Wildman–Crippen MR) is 129 cm³/mol. The van der Waals surface area contributed by atoms with Gasteiger partial charge in [-0.25, -0.2) is 19.0 Å².